The molecule has 2 aromatic heterocycles. The second-order valence-electron chi connectivity index (χ2n) is 7.98. The molecule has 7 heteroatoms. The Kier molecular flexibility index (Phi) is 5.23. The molecular weight excluding hydrogens is 394 g/mol. The van der Waals surface area contributed by atoms with E-state index in [-0.39, 0.29) is 11.9 Å². The molecule has 1 N–H and O–H groups in total. The van der Waals surface area contributed by atoms with Crippen LogP contribution in [0.15, 0.2) is 48.0 Å². The molecule has 6 nitrogen and oxygen atoms in total. The smallest absolute Gasteiger partial charge is 0.241 e. The van der Waals surface area contributed by atoms with Gasteiger partial charge in [0, 0.05) is 23.8 Å². The maximum Gasteiger partial charge on any atom is 0.241 e. The molecule has 0 spiro atoms. The largest absolute Gasteiger partial charge is 0.316 e. The van der Waals surface area contributed by atoms with Gasteiger partial charge < -0.3 is 10.2 Å². The van der Waals surface area contributed by atoms with Crippen molar-refractivity contribution < 1.29 is 4.79 Å². The first-order valence-electron chi connectivity index (χ1n) is 10.4. The van der Waals surface area contributed by atoms with E-state index in [0.717, 1.165) is 60.2 Å². The quantitative estimate of drug-likeness (QED) is 0.667. The number of pyridine rings is 1. The highest BCUT2D eigenvalue weighted by Gasteiger charge is 2.32. The molecule has 0 radical (unpaired) electrons. The van der Waals surface area contributed by atoms with E-state index < -0.39 is 0 Å². The van der Waals surface area contributed by atoms with E-state index >= 15 is 0 Å². The van der Waals surface area contributed by atoms with Gasteiger partial charge in [-0.25, -0.2) is 9.97 Å². The van der Waals surface area contributed by atoms with Gasteiger partial charge in [0.15, 0.2) is 5.13 Å². The number of aromatic nitrogens is 2. The zero-order valence-electron chi connectivity index (χ0n) is 17.0. The van der Waals surface area contributed by atoms with Gasteiger partial charge in [0.05, 0.1) is 18.3 Å². The molecule has 2 aliphatic rings. The van der Waals surface area contributed by atoms with Crippen molar-refractivity contribution in [3.8, 4) is 0 Å². The van der Waals surface area contributed by atoms with Crippen LogP contribution >= 0.6 is 11.3 Å². The maximum absolute atomic E-state index is 13.1. The van der Waals surface area contributed by atoms with Crippen molar-refractivity contribution in [1.82, 2.24) is 14.9 Å². The summed E-state index contributed by atoms with van der Waals surface area (Å²) in [6, 6.07) is 12.4. The number of amides is 1. The average molecular weight is 420 g/mol. The monoisotopic (exact) mass is 419 g/mol. The van der Waals surface area contributed by atoms with E-state index in [1.807, 2.05) is 42.3 Å². The van der Waals surface area contributed by atoms with Crippen molar-refractivity contribution in [2.24, 2.45) is 0 Å². The number of likely N-dealkylation sites (tertiary alicyclic amines) is 1. The molecule has 4 heterocycles. The average Bonchev–Trinajstić information content (AvgIpc) is 3.49. The number of nitrogens with one attached hydrogen (secondary N) is 1. The van der Waals surface area contributed by atoms with Crippen LogP contribution in [-0.4, -0.2) is 40.4 Å². The second kappa shape index (κ2) is 8.16. The Morgan fingerprint density at radius 2 is 2.13 bits per heavy atom. The molecule has 2 aliphatic heterocycles. The number of rotatable bonds is 5. The predicted molar refractivity (Wildman–Crippen MR) is 120 cm³/mol. The Morgan fingerprint density at radius 3 is 3.00 bits per heavy atom. The highest BCUT2D eigenvalue weighted by molar-refractivity contribution is 7.13. The number of carbonyl (C=O) groups excluding carboxylic acids is 1. The van der Waals surface area contributed by atoms with Crippen LogP contribution in [0.25, 0.3) is 0 Å². The maximum atomic E-state index is 13.1. The molecule has 1 amide bonds. The van der Waals surface area contributed by atoms with Crippen molar-refractivity contribution in [3.63, 3.8) is 0 Å². The third-order valence-electron chi connectivity index (χ3n) is 5.90. The number of benzene rings is 1. The van der Waals surface area contributed by atoms with Gasteiger partial charge in [-0.05, 0) is 56.0 Å². The van der Waals surface area contributed by atoms with Gasteiger partial charge in [-0.3, -0.25) is 9.69 Å². The van der Waals surface area contributed by atoms with E-state index in [2.05, 4.69) is 32.7 Å². The van der Waals surface area contributed by atoms with E-state index in [1.54, 1.807) is 11.3 Å². The number of para-hydroxylation sites is 1. The summed E-state index contributed by atoms with van der Waals surface area (Å²) < 4.78 is 0. The second-order valence-corrected chi connectivity index (χ2v) is 8.83. The van der Waals surface area contributed by atoms with Crippen LogP contribution in [0.4, 0.5) is 16.6 Å². The molecule has 1 atom stereocenters. The number of carbonyl (C=O) groups is 1. The summed E-state index contributed by atoms with van der Waals surface area (Å²) in [6.45, 7) is 4.19. The highest BCUT2D eigenvalue weighted by atomic mass is 32.1. The summed E-state index contributed by atoms with van der Waals surface area (Å²) >= 11 is 1.59. The Labute approximate surface area is 180 Å². The summed E-state index contributed by atoms with van der Waals surface area (Å²) in [4.78, 5) is 26.5. The first-order chi connectivity index (χ1) is 14.7. The Balaban J connectivity index is 1.26. The van der Waals surface area contributed by atoms with Crippen molar-refractivity contribution >= 4 is 33.9 Å². The zero-order valence-corrected chi connectivity index (χ0v) is 17.9. The fourth-order valence-corrected chi connectivity index (χ4v) is 5.12. The molecule has 3 aromatic rings. The molecule has 0 saturated carbocycles. The van der Waals surface area contributed by atoms with Gasteiger partial charge in [-0.1, -0.05) is 24.3 Å². The molecule has 0 aliphatic carbocycles. The topological polar surface area (TPSA) is 61.4 Å². The van der Waals surface area contributed by atoms with Gasteiger partial charge in [0.1, 0.15) is 5.82 Å². The van der Waals surface area contributed by atoms with Crippen LogP contribution in [0.3, 0.4) is 0 Å². The summed E-state index contributed by atoms with van der Waals surface area (Å²) in [5, 5.41) is 6.24. The number of hydrogen-bond acceptors (Lipinski definition) is 6. The van der Waals surface area contributed by atoms with Crippen LogP contribution in [-0.2, 0) is 11.2 Å². The van der Waals surface area contributed by atoms with Crippen LogP contribution < -0.4 is 10.2 Å². The van der Waals surface area contributed by atoms with Crippen LogP contribution in [0, 0.1) is 6.92 Å². The Hall–Kier alpha value is -2.77. The van der Waals surface area contributed by atoms with E-state index in [4.69, 9.17) is 4.98 Å². The predicted octanol–water partition coefficient (Wildman–Crippen LogP) is 4.32. The fourth-order valence-electron chi connectivity index (χ4n) is 4.35. The first kappa shape index (κ1) is 19.2. The van der Waals surface area contributed by atoms with E-state index in [9.17, 15) is 4.79 Å². The van der Waals surface area contributed by atoms with Gasteiger partial charge in [0.2, 0.25) is 5.91 Å². The highest BCUT2D eigenvalue weighted by Crippen LogP contribution is 2.35. The number of aryl methyl sites for hydroxylation is 1. The molecule has 1 aromatic carbocycles. The van der Waals surface area contributed by atoms with Crippen LogP contribution in [0.5, 0.6) is 0 Å². The SMILES string of the molecule is Cc1ccc(Nc2nc(C3CCCN3CC(=O)N3CCc4ccccc43)cs2)nc1. The lowest BCUT2D eigenvalue weighted by molar-refractivity contribution is -0.119. The minimum Gasteiger partial charge on any atom is -0.316 e. The summed E-state index contributed by atoms with van der Waals surface area (Å²) in [5.74, 6) is 0.983. The van der Waals surface area contributed by atoms with Gasteiger partial charge in [0.25, 0.3) is 0 Å². The third-order valence-corrected chi connectivity index (χ3v) is 6.68. The third kappa shape index (κ3) is 3.82. The van der Waals surface area contributed by atoms with Gasteiger partial charge >= 0.3 is 0 Å². The number of nitrogens with zero attached hydrogens (tertiary/aromatic N) is 4. The van der Waals surface area contributed by atoms with Gasteiger partial charge in [-0.2, -0.15) is 0 Å². The van der Waals surface area contributed by atoms with Crippen molar-refractivity contribution in [3.05, 3.63) is 64.8 Å². The number of fused-ring (bicyclic) bond motifs is 1. The number of anilines is 3. The molecule has 5 rings (SSSR count). The normalized spacial score (nSPS) is 18.6. The minimum absolute atomic E-state index is 0.185. The van der Waals surface area contributed by atoms with Crippen LogP contribution in [0.1, 0.15) is 35.7 Å². The lowest BCUT2D eigenvalue weighted by Gasteiger charge is -2.25. The lowest BCUT2D eigenvalue weighted by Crippen LogP contribution is -2.39. The summed E-state index contributed by atoms with van der Waals surface area (Å²) in [7, 11) is 0. The van der Waals surface area contributed by atoms with Gasteiger partial charge in [-0.15, -0.1) is 11.3 Å². The molecule has 1 unspecified atom stereocenters. The fraction of sp³-hybridized carbons (Fsp3) is 0.348. The lowest BCUT2D eigenvalue weighted by atomic mass is 10.1. The molecular formula is C23H25N5OS. The van der Waals surface area contributed by atoms with Crippen LogP contribution in [0.2, 0.25) is 0 Å². The van der Waals surface area contributed by atoms with Crippen molar-refractivity contribution in [2.75, 3.05) is 29.9 Å². The Morgan fingerprint density at radius 1 is 1.23 bits per heavy atom. The number of thiazole rings is 1. The molecule has 30 heavy (non-hydrogen) atoms. The Bertz CT molecular complexity index is 1050. The van der Waals surface area contributed by atoms with Crippen molar-refractivity contribution in [1.29, 1.82) is 0 Å². The van der Waals surface area contributed by atoms with E-state index in [1.165, 1.54) is 5.56 Å². The molecule has 0 bridgehead atoms. The molecule has 154 valence electrons. The standard InChI is InChI=1S/C23H25N5OS/c1-16-8-9-21(24-13-16)26-23-25-18(15-30-23)20-7-4-11-27(20)14-22(29)28-12-10-17-5-2-3-6-19(17)28/h2-3,5-6,8-9,13,15,20H,4,7,10-12,14H2,1H3,(H,24,25,26). The van der Waals surface area contributed by atoms with E-state index in [0.29, 0.717) is 6.54 Å². The number of hydrogen-bond donors (Lipinski definition) is 1. The zero-order chi connectivity index (χ0) is 20.5. The first-order valence-corrected chi connectivity index (χ1v) is 11.3. The minimum atomic E-state index is 0.185. The summed E-state index contributed by atoms with van der Waals surface area (Å²) in [6.07, 6.45) is 4.92. The van der Waals surface area contributed by atoms with Crippen molar-refractivity contribution in [2.45, 2.75) is 32.2 Å². The molecule has 1 fully saturated rings. The molecule has 1 saturated heterocycles. The summed E-state index contributed by atoms with van der Waals surface area (Å²) in [5.41, 5.74) is 4.52.